The van der Waals surface area contributed by atoms with Gasteiger partial charge in [-0.1, -0.05) is 11.6 Å². The number of halogens is 5. The Morgan fingerprint density at radius 2 is 1.90 bits per heavy atom. The van der Waals surface area contributed by atoms with Crippen LogP contribution in [0.4, 0.5) is 17.6 Å². The van der Waals surface area contributed by atoms with Crippen LogP contribution in [0.15, 0.2) is 53.6 Å². The zero-order valence-electron chi connectivity index (χ0n) is 21.2. The summed E-state index contributed by atoms with van der Waals surface area (Å²) < 4.78 is 62.8. The molecule has 0 unspecified atom stereocenters. The molecule has 210 valence electrons. The molecule has 1 aliphatic rings. The van der Waals surface area contributed by atoms with E-state index in [1.807, 2.05) is 0 Å². The Labute approximate surface area is 230 Å². The van der Waals surface area contributed by atoms with Gasteiger partial charge in [-0.3, -0.25) is 13.9 Å². The van der Waals surface area contributed by atoms with Crippen molar-refractivity contribution in [3.8, 4) is 11.4 Å². The fraction of sp³-hybridized carbons (Fsp3) is 0.333. The number of rotatable bonds is 6. The van der Waals surface area contributed by atoms with E-state index in [9.17, 15) is 27.2 Å². The van der Waals surface area contributed by atoms with Crippen LogP contribution in [0.3, 0.4) is 0 Å². The van der Waals surface area contributed by atoms with Crippen molar-refractivity contribution in [3.63, 3.8) is 0 Å². The van der Waals surface area contributed by atoms with E-state index in [1.165, 1.54) is 34.4 Å². The molecular formula is C27H24ClF4N5O3. The number of hydrogen-bond donors (Lipinski definition) is 1. The maximum absolute atomic E-state index is 14.8. The third kappa shape index (κ3) is 5.40. The first-order chi connectivity index (χ1) is 19.1. The van der Waals surface area contributed by atoms with Gasteiger partial charge in [-0.05, 0) is 61.9 Å². The summed E-state index contributed by atoms with van der Waals surface area (Å²) in [5.41, 5.74) is -1.49. The van der Waals surface area contributed by atoms with Crippen LogP contribution in [0.5, 0.6) is 5.75 Å². The Bertz CT molecular complexity index is 1630. The molecule has 1 aromatic carbocycles. The molecule has 0 bridgehead atoms. The van der Waals surface area contributed by atoms with Gasteiger partial charge in [0, 0.05) is 31.0 Å². The average Bonchev–Trinajstić information content (AvgIpc) is 3.20. The van der Waals surface area contributed by atoms with E-state index >= 15 is 0 Å². The van der Waals surface area contributed by atoms with Gasteiger partial charge in [-0.15, -0.1) is 0 Å². The minimum absolute atomic E-state index is 0.0284. The number of imidazole rings is 1. The van der Waals surface area contributed by atoms with Gasteiger partial charge >= 0.3 is 11.9 Å². The van der Waals surface area contributed by atoms with Crippen LogP contribution in [0.25, 0.3) is 16.9 Å². The van der Waals surface area contributed by atoms with Crippen LogP contribution in [0.2, 0.25) is 5.02 Å². The Morgan fingerprint density at radius 1 is 1.15 bits per heavy atom. The zero-order chi connectivity index (χ0) is 28.6. The predicted octanol–water partition coefficient (Wildman–Crippen LogP) is 5.39. The van der Waals surface area contributed by atoms with E-state index in [2.05, 4.69) is 15.3 Å². The Kier molecular flexibility index (Phi) is 7.54. The second-order valence-electron chi connectivity index (χ2n) is 9.63. The number of nitrogens with one attached hydrogen (secondary N) is 1. The van der Waals surface area contributed by atoms with Gasteiger partial charge in [-0.2, -0.15) is 13.2 Å². The summed E-state index contributed by atoms with van der Waals surface area (Å²) >= 11 is 5.80. The number of methoxy groups -OCH3 is 1. The number of amides is 1. The van der Waals surface area contributed by atoms with Crippen molar-refractivity contribution in [1.82, 2.24) is 24.4 Å². The lowest BCUT2D eigenvalue weighted by Crippen LogP contribution is -2.39. The number of carbonyl (C=O) groups excluding carboxylic acids is 1. The first-order valence-corrected chi connectivity index (χ1v) is 12.9. The normalized spacial score (nSPS) is 17.6. The monoisotopic (exact) mass is 577 g/mol. The summed E-state index contributed by atoms with van der Waals surface area (Å²) in [6, 6.07) is 8.09. The third-order valence-corrected chi connectivity index (χ3v) is 7.28. The molecule has 13 heteroatoms. The van der Waals surface area contributed by atoms with E-state index in [0.717, 1.165) is 12.3 Å². The number of carbonyl (C=O) groups is 1. The minimum Gasteiger partial charge on any atom is -0.497 e. The lowest BCUT2D eigenvalue weighted by atomic mass is 9.85. The summed E-state index contributed by atoms with van der Waals surface area (Å²) in [5, 5.41) is 2.59. The number of alkyl halides is 3. The number of fused-ring (bicyclic) bond motifs is 1. The van der Waals surface area contributed by atoms with Crippen LogP contribution in [-0.4, -0.2) is 38.2 Å². The van der Waals surface area contributed by atoms with E-state index in [4.69, 9.17) is 16.3 Å². The molecule has 0 atom stereocenters. The highest BCUT2D eigenvalue weighted by molar-refractivity contribution is 6.30. The second-order valence-corrected chi connectivity index (χ2v) is 10.1. The molecule has 4 aromatic rings. The van der Waals surface area contributed by atoms with Crippen molar-refractivity contribution < 1.29 is 27.1 Å². The lowest BCUT2D eigenvalue weighted by molar-refractivity contribution is -0.141. The summed E-state index contributed by atoms with van der Waals surface area (Å²) in [6.07, 6.45) is -0.203. The van der Waals surface area contributed by atoms with Gasteiger partial charge in [0.1, 0.15) is 11.6 Å². The molecule has 1 N–H and O–H groups in total. The molecule has 3 heterocycles. The van der Waals surface area contributed by atoms with E-state index in [1.54, 1.807) is 18.3 Å². The van der Waals surface area contributed by atoms with E-state index in [-0.39, 0.29) is 22.7 Å². The molecule has 0 aliphatic heterocycles. The SMILES string of the molecule is COc1ccc(F)c(-n2c(=O)n(CC3CCC(NC(=O)c4cc(Cl)cnc4C(F)(F)F)CC3)c3ncccc32)c1. The number of benzene rings is 1. The highest BCUT2D eigenvalue weighted by Crippen LogP contribution is 2.32. The second kappa shape index (κ2) is 10.9. The smallest absolute Gasteiger partial charge is 0.434 e. The molecule has 5 rings (SSSR count). The van der Waals surface area contributed by atoms with Gasteiger partial charge in [0.25, 0.3) is 5.91 Å². The topological polar surface area (TPSA) is 91.0 Å². The minimum atomic E-state index is -4.80. The molecule has 0 spiro atoms. The molecule has 1 fully saturated rings. The Balaban J connectivity index is 1.33. The van der Waals surface area contributed by atoms with Gasteiger partial charge in [-0.25, -0.2) is 19.2 Å². The van der Waals surface area contributed by atoms with Gasteiger partial charge < -0.3 is 10.1 Å². The predicted molar refractivity (Wildman–Crippen MR) is 139 cm³/mol. The zero-order valence-corrected chi connectivity index (χ0v) is 22.0. The first kappa shape index (κ1) is 27.6. The van der Waals surface area contributed by atoms with Crippen LogP contribution >= 0.6 is 11.6 Å². The van der Waals surface area contributed by atoms with Crippen molar-refractivity contribution in [2.24, 2.45) is 5.92 Å². The van der Waals surface area contributed by atoms with Gasteiger partial charge in [0.15, 0.2) is 11.3 Å². The molecule has 1 amide bonds. The Hall–Kier alpha value is -3.93. The van der Waals surface area contributed by atoms with Crippen molar-refractivity contribution >= 4 is 28.7 Å². The quantitative estimate of drug-likeness (QED) is 0.310. The molecule has 0 saturated heterocycles. The summed E-state index contributed by atoms with van der Waals surface area (Å²) in [6.45, 7) is 0.308. The largest absolute Gasteiger partial charge is 0.497 e. The molecule has 1 aliphatic carbocycles. The summed E-state index contributed by atoms with van der Waals surface area (Å²) in [7, 11) is 1.45. The number of aromatic nitrogens is 4. The molecular weight excluding hydrogens is 554 g/mol. The summed E-state index contributed by atoms with van der Waals surface area (Å²) in [4.78, 5) is 33.9. The first-order valence-electron chi connectivity index (χ1n) is 12.5. The number of hydrogen-bond acceptors (Lipinski definition) is 5. The molecule has 40 heavy (non-hydrogen) atoms. The maximum atomic E-state index is 14.8. The van der Waals surface area contributed by atoms with Gasteiger partial charge in [0.05, 0.1) is 28.9 Å². The van der Waals surface area contributed by atoms with Crippen LogP contribution < -0.4 is 15.7 Å². The Morgan fingerprint density at radius 3 is 2.60 bits per heavy atom. The lowest BCUT2D eigenvalue weighted by Gasteiger charge is -2.29. The van der Waals surface area contributed by atoms with Crippen LogP contribution in [0, 0.1) is 11.7 Å². The molecule has 1 saturated carbocycles. The standard InChI is InChI=1S/C27H24ClF4N5O3/c1-40-18-8-9-20(29)22(12-18)37-21-3-2-10-33-24(21)36(26(37)39)14-15-4-6-17(7-5-15)35-25(38)19-11-16(28)13-34-23(19)27(30,31)32/h2-3,8-13,15,17H,4-7,14H2,1H3,(H,35,38). The van der Waals surface area contributed by atoms with Crippen LogP contribution in [0.1, 0.15) is 41.7 Å². The highest BCUT2D eigenvalue weighted by Gasteiger charge is 2.38. The summed E-state index contributed by atoms with van der Waals surface area (Å²) in [5.74, 6) is -1.06. The number of pyridine rings is 2. The molecule has 3 aromatic heterocycles. The highest BCUT2D eigenvalue weighted by atomic mass is 35.5. The molecule has 0 radical (unpaired) electrons. The average molecular weight is 578 g/mol. The number of nitrogens with zero attached hydrogens (tertiary/aromatic N) is 4. The van der Waals surface area contributed by atoms with Crippen molar-refractivity contribution in [1.29, 1.82) is 0 Å². The van der Waals surface area contributed by atoms with E-state index in [0.29, 0.717) is 49.1 Å². The third-order valence-electron chi connectivity index (χ3n) is 7.07. The number of ether oxygens (including phenoxy) is 1. The molecule has 8 nitrogen and oxygen atoms in total. The van der Waals surface area contributed by atoms with Crippen LogP contribution in [-0.2, 0) is 12.7 Å². The van der Waals surface area contributed by atoms with E-state index < -0.39 is 34.8 Å². The van der Waals surface area contributed by atoms with Crippen molar-refractivity contribution in [2.75, 3.05) is 7.11 Å². The maximum Gasteiger partial charge on any atom is 0.434 e. The fourth-order valence-corrected chi connectivity index (χ4v) is 5.28. The van der Waals surface area contributed by atoms with Crippen molar-refractivity contribution in [3.05, 3.63) is 81.4 Å². The fourth-order valence-electron chi connectivity index (χ4n) is 5.12. The van der Waals surface area contributed by atoms with Gasteiger partial charge in [0.2, 0.25) is 0 Å². The van der Waals surface area contributed by atoms with Crippen molar-refractivity contribution in [2.45, 2.75) is 44.4 Å².